The van der Waals surface area contributed by atoms with Crippen molar-refractivity contribution in [3.8, 4) is 16.9 Å². The van der Waals surface area contributed by atoms with Gasteiger partial charge in [-0.1, -0.05) is 43.2 Å². The van der Waals surface area contributed by atoms with Crippen LogP contribution in [0.15, 0.2) is 71.7 Å². The number of aromatic nitrogens is 1. The van der Waals surface area contributed by atoms with E-state index in [1.165, 1.54) is 18.2 Å². The van der Waals surface area contributed by atoms with Crippen LogP contribution in [0, 0.1) is 0 Å². The summed E-state index contributed by atoms with van der Waals surface area (Å²) in [5.74, 6) is 0.530. The smallest absolute Gasteiger partial charge is 0.416 e. The van der Waals surface area contributed by atoms with E-state index in [1.807, 2.05) is 18.2 Å². The Bertz CT molecular complexity index is 1120. The first kappa shape index (κ1) is 22.1. The molecule has 0 amide bonds. The van der Waals surface area contributed by atoms with Crippen molar-refractivity contribution in [2.75, 3.05) is 0 Å². The number of pyridine rings is 1. The molecule has 0 bridgehead atoms. The van der Waals surface area contributed by atoms with Gasteiger partial charge in [0.15, 0.2) is 0 Å². The van der Waals surface area contributed by atoms with Gasteiger partial charge in [-0.25, -0.2) is 0 Å². The Balaban J connectivity index is 1.53. The molecule has 1 aliphatic rings. The normalized spacial score (nSPS) is 19.0. The van der Waals surface area contributed by atoms with E-state index in [0.717, 1.165) is 31.4 Å². The number of para-hydroxylation sites is 1. The molecular formula is C25H24F3NO3. The van der Waals surface area contributed by atoms with E-state index in [4.69, 9.17) is 4.74 Å². The van der Waals surface area contributed by atoms with Crippen LogP contribution < -0.4 is 10.3 Å². The van der Waals surface area contributed by atoms with E-state index in [0.29, 0.717) is 28.9 Å². The maximum Gasteiger partial charge on any atom is 0.416 e. The third-order valence-electron chi connectivity index (χ3n) is 5.87. The predicted molar refractivity (Wildman–Crippen MR) is 115 cm³/mol. The average molecular weight is 443 g/mol. The molecule has 4 nitrogen and oxygen atoms in total. The molecule has 1 heterocycles. The highest BCUT2D eigenvalue weighted by Gasteiger charge is 2.30. The second-order valence-electron chi connectivity index (χ2n) is 8.06. The molecule has 1 saturated carbocycles. The molecule has 0 spiro atoms. The fourth-order valence-corrected chi connectivity index (χ4v) is 4.13. The first-order valence-corrected chi connectivity index (χ1v) is 10.6. The number of nitrogens with zero attached hydrogens (tertiary/aromatic N) is 1. The van der Waals surface area contributed by atoms with Crippen LogP contribution in [0.5, 0.6) is 5.75 Å². The fraction of sp³-hybridized carbons (Fsp3) is 0.320. The van der Waals surface area contributed by atoms with Crippen molar-refractivity contribution in [1.82, 2.24) is 4.57 Å². The van der Waals surface area contributed by atoms with Crippen LogP contribution in [-0.2, 0) is 12.8 Å². The van der Waals surface area contributed by atoms with Crippen molar-refractivity contribution >= 4 is 0 Å². The number of aliphatic hydroxyl groups excluding tert-OH is 1. The highest BCUT2D eigenvalue weighted by atomic mass is 19.4. The van der Waals surface area contributed by atoms with Gasteiger partial charge in [0.1, 0.15) is 12.4 Å². The Kier molecular flexibility index (Phi) is 6.37. The largest absolute Gasteiger partial charge is 0.488 e. The topological polar surface area (TPSA) is 51.5 Å². The molecule has 1 fully saturated rings. The molecule has 2 atom stereocenters. The van der Waals surface area contributed by atoms with Crippen LogP contribution >= 0.6 is 0 Å². The van der Waals surface area contributed by atoms with Crippen LogP contribution in [0.1, 0.15) is 42.9 Å². The molecule has 168 valence electrons. The number of hydrogen-bond donors (Lipinski definition) is 1. The molecule has 4 rings (SSSR count). The lowest BCUT2D eigenvalue weighted by atomic mass is 9.92. The average Bonchev–Trinajstić information content (AvgIpc) is 2.78. The molecule has 2 aromatic carbocycles. The number of benzene rings is 2. The molecule has 7 heteroatoms. The minimum atomic E-state index is -4.38. The third kappa shape index (κ3) is 4.88. The van der Waals surface area contributed by atoms with Crippen molar-refractivity contribution in [2.45, 2.75) is 50.6 Å². The minimum Gasteiger partial charge on any atom is -0.488 e. The second kappa shape index (κ2) is 9.20. The van der Waals surface area contributed by atoms with Crippen LogP contribution in [0.3, 0.4) is 0 Å². The number of ether oxygens (including phenoxy) is 1. The van der Waals surface area contributed by atoms with Crippen molar-refractivity contribution in [2.24, 2.45) is 0 Å². The maximum absolute atomic E-state index is 12.8. The summed E-state index contributed by atoms with van der Waals surface area (Å²) >= 11 is 0. The Morgan fingerprint density at radius 3 is 2.41 bits per heavy atom. The number of aliphatic hydroxyl groups is 1. The zero-order valence-corrected chi connectivity index (χ0v) is 17.4. The zero-order valence-electron chi connectivity index (χ0n) is 17.4. The molecule has 32 heavy (non-hydrogen) atoms. The van der Waals surface area contributed by atoms with Crippen molar-refractivity contribution in [3.05, 3.63) is 88.3 Å². The van der Waals surface area contributed by atoms with Gasteiger partial charge in [-0.3, -0.25) is 4.79 Å². The van der Waals surface area contributed by atoms with Crippen molar-refractivity contribution < 1.29 is 23.0 Å². The molecule has 0 saturated heterocycles. The summed E-state index contributed by atoms with van der Waals surface area (Å²) in [6.45, 7) is 0.0977. The number of hydrogen-bond acceptors (Lipinski definition) is 3. The maximum atomic E-state index is 12.8. The van der Waals surface area contributed by atoms with E-state index >= 15 is 0 Å². The molecule has 3 aromatic rings. The van der Waals surface area contributed by atoms with Gasteiger partial charge in [0.2, 0.25) is 0 Å². The van der Waals surface area contributed by atoms with Crippen LogP contribution in [0.25, 0.3) is 11.1 Å². The lowest BCUT2D eigenvalue weighted by Gasteiger charge is -2.29. The Hall–Kier alpha value is -3.06. The monoisotopic (exact) mass is 443 g/mol. The highest BCUT2D eigenvalue weighted by molar-refractivity contribution is 5.69. The first-order valence-electron chi connectivity index (χ1n) is 10.6. The first-order chi connectivity index (χ1) is 15.3. The zero-order chi connectivity index (χ0) is 22.7. The predicted octanol–water partition coefficient (Wildman–Crippen LogP) is 5.59. The van der Waals surface area contributed by atoms with Gasteiger partial charge < -0.3 is 14.4 Å². The van der Waals surface area contributed by atoms with E-state index in [9.17, 15) is 23.1 Å². The molecule has 0 aliphatic heterocycles. The van der Waals surface area contributed by atoms with Crippen molar-refractivity contribution in [1.29, 1.82) is 0 Å². The number of halogens is 3. The number of rotatable bonds is 5. The van der Waals surface area contributed by atoms with E-state index in [2.05, 4.69) is 0 Å². The second-order valence-corrected chi connectivity index (χ2v) is 8.06. The molecule has 1 aliphatic carbocycles. The highest BCUT2D eigenvalue weighted by Crippen LogP contribution is 2.32. The van der Waals surface area contributed by atoms with Crippen LogP contribution in [0.4, 0.5) is 13.2 Å². The Morgan fingerprint density at radius 1 is 1.00 bits per heavy atom. The molecular weight excluding hydrogens is 419 g/mol. The van der Waals surface area contributed by atoms with Gasteiger partial charge in [0.05, 0.1) is 17.7 Å². The van der Waals surface area contributed by atoms with Gasteiger partial charge >= 0.3 is 6.18 Å². The Labute approximate surface area is 183 Å². The lowest BCUT2D eigenvalue weighted by Crippen LogP contribution is -2.34. The molecule has 0 unspecified atom stereocenters. The molecule has 1 N–H and O–H groups in total. The van der Waals surface area contributed by atoms with Gasteiger partial charge in [-0.05, 0) is 48.2 Å². The summed E-state index contributed by atoms with van der Waals surface area (Å²) in [6, 6.07) is 15.2. The van der Waals surface area contributed by atoms with E-state index in [1.54, 1.807) is 22.9 Å². The van der Waals surface area contributed by atoms with E-state index < -0.39 is 17.8 Å². The van der Waals surface area contributed by atoms with Gasteiger partial charge in [0, 0.05) is 17.8 Å². The van der Waals surface area contributed by atoms with Crippen LogP contribution in [-0.4, -0.2) is 15.8 Å². The van der Waals surface area contributed by atoms with Crippen molar-refractivity contribution in [3.63, 3.8) is 0 Å². The van der Waals surface area contributed by atoms with Gasteiger partial charge in [0.25, 0.3) is 5.56 Å². The summed E-state index contributed by atoms with van der Waals surface area (Å²) in [6.07, 6.45) is 0.229. The van der Waals surface area contributed by atoms with Crippen LogP contribution in [0.2, 0.25) is 0 Å². The standard InChI is InChI=1S/C25H24F3NO3/c26-25(27,28)19-11-9-17(10-12-19)16-32-23-8-4-1-5-20(23)18-13-14-29(24(31)15-18)21-6-2-3-7-22(21)30/h1,4-5,8-15,21-22,30H,2-3,6-7,16H2/t21-,22-/m0/s1. The summed E-state index contributed by atoms with van der Waals surface area (Å²) in [7, 11) is 0. The quantitative estimate of drug-likeness (QED) is 0.559. The van der Waals surface area contributed by atoms with Gasteiger partial charge in [-0.2, -0.15) is 13.2 Å². The fourth-order valence-electron chi connectivity index (χ4n) is 4.13. The summed E-state index contributed by atoms with van der Waals surface area (Å²) in [5, 5.41) is 10.3. The summed E-state index contributed by atoms with van der Waals surface area (Å²) in [4.78, 5) is 12.8. The summed E-state index contributed by atoms with van der Waals surface area (Å²) in [5.41, 5.74) is 1.11. The summed E-state index contributed by atoms with van der Waals surface area (Å²) < 4.78 is 45.7. The SMILES string of the molecule is O=c1cc(-c2ccccc2OCc2ccc(C(F)(F)F)cc2)ccn1[C@H]1CCCC[C@@H]1O. The number of alkyl halides is 3. The Morgan fingerprint density at radius 2 is 1.72 bits per heavy atom. The lowest BCUT2D eigenvalue weighted by molar-refractivity contribution is -0.137. The third-order valence-corrected chi connectivity index (χ3v) is 5.87. The van der Waals surface area contributed by atoms with Gasteiger partial charge in [-0.15, -0.1) is 0 Å². The minimum absolute atomic E-state index is 0.0977. The molecule has 1 aromatic heterocycles. The molecule has 0 radical (unpaired) electrons. The van der Waals surface area contributed by atoms with E-state index in [-0.39, 0.29) is 18.2 Å².